The summed E-state index contributed by atoms with van der Waals surface area (Å²) in [6, 6.07) is 21.2. The zero-order chi connectivity index (χ0) is 19.3. The van der Waals surface area contributed by atoms with E-state index in [1.165, 1.54) is 0 Å². The molecule has 0 spiro atoms. The lowest BCUT2D eigenvalue weighted by Gasteiger charge is -2.16. The molecular formula is C22H20N4O2. The minimum absolute atomic E-state index is 0.0695. The van der Waals surface area contributed by atoms with Crippen molar-refractivity contribution in [2.75, 3.05) is 7.05 Å². The first-order valence-electron chi connectivity index (χ1n) is 9.02. The summed E-state index contributed by atoms with van der Waals surface area (Å²) in [5.41, 5.74) is 3.40. The van der Waals surface area contributed by atoms with Crippen LogP contribution < -0.4 is 0 Å². The number of nitrogens with zero attached hydrogens (tertiary/aromatic N) is 4. The third-order valence-corrected chi connectivity index (χ3v) is 4.45. The van der Waals surface area contributed by atoms with Gasteiger partial charge in [-0.25, -0.2) is 0 Å². The summed E-state index contributed by atoms with van der Waals surface area (Å²) in [5.74, 6) is 0.572. The van der Waals surface area contributed by atoms with Gasteiger partial charge in [0.05, 0.1) is 13.1 Å². The summed E-state index contributed by atoms with van der Waals surface area (Å²) < 4.78 is 7.24. The predicted molar refractivity (Wildman–Crippen MR) is 106 cm³/mol. The fraction of sp³-hybridized carbons (Fsp3) is 0.136. The van der Waals surface area contributed by atoms with E-state index >= 15 is 0 Å². The first kappa shape index (κ1) is 17.7. The molecule has 0 N–H and O–H groups in total. The number of carbonyl (C=O) groups is 1. The Kier molecular flexibility index (Phi) is 5.01. The number of benzene rings is 2. The van der Waals surface area contributed by atoms with Gasteiger partial charge in [0.15, 0.2) is 5.76 Å². The SMILES string of the molecule is CN(Cc1cc(-c2ccccc2)no1)C(=O)c1cccc(Cn2cccn2)c1. The van der Waals surface area contributed by atoms with Crippen LogP contribution in [-0.2, 0) is 13.1 Å². The van der Waals surface area contributed by atoms with E-state index < -0.39 is 0 Å². The van der Waals surface area contributed by atoms with Crippen molar-refractivity contribution in [3.8, 4) is 11.3 Å². The van der Waals surface area contributed by atoms with E-state index in [1.54, 1.807) is 18.1 Å². The average Bonchev–Trinajstić information content (AvgIpc) is 3.40. The summed E-state index contributed by atoms with van der Waals surface area (Å²) in [6.07, 6.45) is 3.64. The highest BCUT2D eigenvalue weighted by molar-refractivity contribution is 5.94. The smallest absolute Gasteiger partial charge is 0.254 e. The molecule has 140 valence electrons. The quantitative estimate of drug-likeness (QED) is 0.516. The zero-order valence-corrected chi connectivity index (χ0v) is 15.5. The van der Waals surface area contributed by atoms with Crippen molar-refractivity contribution in [2.24, 2.45) is 0 Å². The van der Waals surface area contributed by atoms with Gasteiger partial charge in [0, 0.05) is 36.6 Å². The van der Waals surface area contributed by atoms with Crippen LogP contribution in [0.5, 0.6) is 0 Å². The lowest BCUT2D eigenvalue weighted by molar-refractivity contribution is 0.0772. The Bertz CT molecular complexity index is 1060. The molecule has 4 aromatic rings. The Hall–Kier alpha value is -3.67. The molecule has 6 heteroatoms. The fourth-order valence-corrected chi connectivity index (χ4v) is 3.04. The molecular weight excluding hydrogens is 352 g/mol. The Morgan fingerprint density at radius 3 is 2.71 bits per heavy atom. The molecule has 2 heterocycles. The third kappa shape index (κ3) is 4.01. The topological polar surface area (TPSA) is 64.2 Å². The minimum Gasteiger partial charge on any atom is -0.359 e. The molecule has 0 aliphatic rings. The molecule has 1 amide bonds. The third-order valence-electron chi connectivity index (χ3n) is 4.45. The van der Waals surface area contributed by atoms with Crippen LogP contribution in [0.25, 0.3) is 11.3 Å². The molecule has 0 unspecified atom stereocenters. The first-order valence-corrected chi connectivity index (χ1v) is 9.02. The second kappa shape index (κ2) is 7.92. The van der Waals surface area contributed by atoms with Gasteiger partial charge in [-0.3, -0.25) is 9.48 Å². The molecule has 0 aliphatic carbocycles. The maximum atomic E-state index is 12.8. The van der Waals surface area contributed by atoms with Crippen molar-refractivity contribution < 1.29 is 9.32 Å². The Labute approximate surface area is 163 Å². The van der Waals surface area contributed by atoms with Crippen LogP contribution in [0.1, 0.15) is 21.7 Å². The van der Waals surface area contributed by atoms with Crippen LogP contribution in [0, 0.1) is 0 Å². The van der Waals surface area contributed by atoms with Crippen molar-refractivity contribution in [1.29, 1.82) is 0 Å². The number of rotatable bonds is 6. The normalized spacial score (nSPS) is 10.8. The molecule has 0 fully saturated rings. The van der Waals surface area contributed by atoms with Crippen molar-refractivity contribution >= 4 is 5.91 Å². The van der Waals surface area contributed by atoms with Gasteiger partial charge in [-0.05, 0) is 23.8 Å². The number of hydrogen-bond donors (Lipinski definition) is 0. The van der Waals surface area contributed by atoms with Crippen molar-refractivity contribution in [3.63, 3.8) is 0 Å². The average molecular weight is 372 g/mol. The van der Waals surface area contributed by atoms with Gasteiger partial charge in [-0.2, -0.15) is 5.10 Å². The van der Waals surface area contributed by atoms with Gasteiger partial charge in [0.2, 0.25) is 0 Å². The van der Waals surface area contributed by atoms with Gasteiger partial charge in [0.25, 0.3) is 5.91 Å². The molecule has 2 aromatic carbocycles. The van der Waals surface area contributed by atoms with Crippen LogP contribution in [0.2, 0.25) is 0 Å². The molecule has 0 aliphatic heterocycles. The Morgan fingerprint density at radius 2 is 1.93 bits per heavy atom. The lowest BCUT2D eigenvalue weighted by atomic mass is 10.1. The molecule has 0 bridgehead atoms. The Balaban J connectivity index is 1.44. The molecule has 6 nitrogen and oxygen atoms in total. The number of carbonyl (C=O) groups excluding carboxylic acids is 1. The summed E-state index contributed by atoms with van der Waals surface area (Å²) in [4.78, 5) is 14.4. The monoisotopic (exact) mass is 372 g/mol. The van der Waals surface area contributed by atoms with E-state index in [1.807, 2.05) is 77.6 Å². The fourth-order valence-electron chi connectivity index (χ4n) is 3.04. The van der Waals surface area contributed by atoms with E-state index in [0.29, 0.717) is 24.4 Å². The number of aromatic nitrogens is 3. The lowest BCUT2D eigenvalue weighted by Crippen LogP contribution is -2.26. The van der Waals surface area contributed by atoms with Crippen LogP contribution in [0.4, 0.5) is 0 Å². The standard InChI is InChI=1S/C22H20N4O2/c1-25(16-20-14-21(24-28-20)18-8-3-2-4-9-18)22(27)19-10-5-7-17(13-19)15-26-12-6-11-23-26/h2-14H,15-16H2,1H3. The van der Waals surface area contributed by atoms with Crippen LogP contribution in [0.3, 0.4) is 0 Å². The summed E-state index contributed by atoms with van der Waals surface area (Å²) in [5, 5.41) is 8.31. The maximum absolute atomic E-state index is 12.8. The van der Waals surface area contributed by atoms with E-state index in [4.69, 9.17) is 4.52 Å². The van der Waals surface area contributed by atoms with Gasteiger partial charge < -0.3 is 9.42 Å². The van der Waals surface area contributed by atoms with Gasteiger partial charge in [-0.15, -0.1) is 0 Å². The van der Waals surface area contributed by atoms with E-state index in [2.05, 4.69) is 10.3 Å². The number of amides is 1. The summed E-state index contributed by atoms with van der Waals surface area (Å²) in [7, 11) is 1.76. The summed E-state index contributed by atoms with van der Waals surface area (Å²) in [6.45, 7) is 0.975. The molecule has 4 rings (SSSR count). The van der Waals surface area contributed by atoms with Gasteiger partial charge in [0.1, 0.15) is 5.69 Å². The maximum Gasteiger partial charge on any atom is 0.254 e. The predicted octanol–water partition coefficient (Wildman–Crippen LogP) is 3.86. The Morgan fingerprint density at radius 1 is 1.07 bits per heavy atom. The molecule has 28 heavy (non-hydrogen) atoms. The highest BCUT2D eigenvalue weighted by Gasteiger charge is 2.15. The second-order valence-electron chi connectivity index (χ2n) is 6.61. The van der Waals surface area contributed by atoms with Gasteiger partial charge >= 0.3 is 0 Å². The number of hydrogen-bond acceptors (Lipinski definition) is 4. The van der Waals surface area contributed by atoms with E-state index in [-0.39, 0.29) is 5.91 Å². The molecule has 2 aromatic heterocycles. The second-order valence-corrected chi connectivity index (χ2v) is 6.61. The zero-order valence-electron chi connectivity index (χ0n) is 15.5. The summed E-state index contributed by atoms with van der Waals surface area (Å²) >= 11 is 0. The molecule has 0 saturated heterocycles. The van der Waals surface area contributed by atoms with Crippen molar-refractivity contribution in [3.05, 3.63) is 96.0 Å². The highest BCUT2D eigenvalue weighted by Crippen LogP contribution is 2.20. The van der Waals surface area contributed by atoms with Crippen LogP contribution in [0.15, 0.2) is 83.6 Å². The minimum atomic E-state index is -0.0695. The first-order chi connectivity index (χ1) is 13.7. The van der Waals surface area contributed by atoms with E-state index in [9.17, 15) is 4.79 Å². The highest BCUT2D eigenvalue weighted by atomic mass is 16.5. The van der Waals surface area contributed by atoms with Crippen LogP contribution >= 0.6 is 0 Å². The molecule has 0 atom stereocenters. The van der Waals surface area contributed by atoms with Crippen LogP contribution in [-0.4, -0.2) is 32.8 Å². The molecule has 0 saturated carbocycles. The van der Waals surface area contributed by atoms with E-state index in [0.717, 1.165) is 16.8 Å². The largest absolute Gasteiger partial charge is 0.359 e. The van der Waals surface area contributed by atoms with Crippen molar-refractivity contribution in [2.45, 2.75) is 13.1 Å². The van der Waals surface area contributed by atoms with Crippen molar-refractivity contribution in [1.82, 2.24) is 19.8 Å². The molecule has 0 radical (unpaired) electrons. The van der Waals surface area contributed by atoms with Gasteiger partial charge in [-0.1, -0.05) is 47.6 Å².